The number of hydrogen-bond donors (Lipinski definition) is 0. The summed E-state index contributed by atoms with van der Waals surface area (Å²) < 4.78 is 5.31. The van der Waals surface area contributed by atoms with E-state index < -0.39 is 0 Å². The number of rotatable bonds is 10. The summed E-state index contributed by atoms with van der Waals surface area (Å²) in [6, 6.07) is 0. The molecule has 0 heterocycles. The Balaban J connectivity index is 3.48. The van der Waals surface area contributed by atoms with E-state index in [1.807, 2.05) is 0 Å². The van der Waals surface area contributed by atoms with Crippen LogP contribution in [-0.4, -0.2) is 10.7 Å². The van der Waals surface area contributed by atoms with Gasteiger partial charge in [0.2, 0.25) is 0 Å². The molecule has 0 spiro atoms. The third kappa shape index (κ3) is 12.5. The number of halogens is 2. The first-order valence-corrected chi connectivity index (χ1v) is 8.52. The Morgan fingerprint density at radius 1 is 0.882 bits per heavy atom. The Kier molecular flexibility index (Phi) is 12.9. The van der Waals surface area contributed by atoms with Crippen LogP contribution >= 0.6 is 31.9 Å². The summed E-state index contributed by atoms with van der Waals surface area (Å²) in [5, 5.41) is 2.16. The van der Waals surface area contributed by atoms with Crippen LogP contribution in [0.1, 0.15) is 39.5 Å². The van der Waals surface area contributed by atoms with Gasteiger partial charge in [-0.15, -0.1) is 0 Å². The Morgan fingerprint density at radius 2 is 1.29 bits per heavy atom. The summed E-state index contributed by atoms with van der Waals surface area (Å²) in [4.78, 5) is 0. The number of ether oxygens (including phenoxy) is 1. The molecule has 0 aliphatic rings. The molecule has 2 unspecified atom stereocenters. The molecule has 0 rings (SSSR count). The monoisotopic (exact) mass is 366 g/mol. The average molecular weight is 368 g/mol. The average Bonchev–Trinajstić information content (AvgIpc) is 2.28. The minimum Gasteiger partial charge on any atom is -0.473 e. The fraction of sp³-hybridized carbons (Fsp3) is 0.714. The predicted octanol–water partition coefficient (Wildman–Crippen LogP) is 5.65. The van der Waals surface area contributed by atoms with Gasteiger partial charge in [-0.3, -0.25) is 0 Å². The molecule has 0 bridgehead atoms. The molecule has 0 aromatic heterocycles. The lowest BCUT2D eigenvalue weighted by Gasteiger charge is -2.04. The lowest BCUT2D eigenvalue weighted by Crippen LogP contribution is -1.93. The lowest BCUT2D eigenvalue weighted by atomic mass is 10.1. The molecule has 0 saturated carbocycles. The second-order valence-corrected chi connectivity index (χ2v) is 6.10. The highest BCUT2D eigenvalue weighted by Gasteiger charge is 1.97. The van der Waals surface area contributed by atoms with Gasteiger partial charge in [-0.05, 0) is 49.7 Å². The smallest absolute Gasteiger partial charge is 0.0861 e. The first-order chi connectivity index (χ1) is 8.20. The van der Waals surface area contributed by atoms with Crippen LogP contribution in [-0.2, 0) is 4.74 Å². The van der Waals surface area contributed by atoms with E-state index >= 15 is 0 Å². The maximum absolute atomic E-state index is 5.31. The van der Waals surface area contributed by atoms with Crippen molar-refractivity contribution in [1.29, 1.82) is 0 Å². The van der Waals surface area contributed by atoms with Crippen LogP contribution in [0.4, 0.5) is 0 Å². The van der Waals surface area contributed by atoms with Gasteiger partial charge in [-0.2, -0.15) is 0 Å². The van der Waals surface area contributed by atoms with Gasteiger partial charge >= 0.3 is 0 Å². The van der Waals surface area contributed by atoms with Crippen LogP contribution in [0.5, 0.6) is 0 Å². The molecular formula is C14H24Br2O. The quantitative estimate of drug-likeness (QED) is 0.358. The molecule has 0 aromatic rings. The van der Waals surface area contributed by atoms with Crippen molar-refractivity contribution in [3.63, 3.8) is 0 Å². The van der Waals surface area contributed by atoms with Gasteiger partial charge in [-0.1, -0.05) is 45.7 Å². The summed E-state index contributed by atoms with van der Waals surface area (Å²) in [5.74, 6) is 1.44. The van der Waals surface area contributed by atoms with Crippen molar-refractivity contribution < 1.29 is 4.74 Å². The van der Waals surface area contributed by atoms with E-state index in [2.05, 4.69) is 57.9 Å². The second-order valence-electron chi connectivity index (χ2n) is 4.52. The topological polar surface area (TPSA) is 9.23 Å². The van der Waals surface area contributed by atoms with Crippen molar-refractivity contribution in [2.45, 2.75) is 39.5 Å². The number of allylic oxidation sites excluding steroid dienone is 2. The van der Waals surface area contributed by atoms with E-state index in [9.17, 15) is 0 Å². The number of hydrogen-bond acceptors (Lipinski definition) is 1. The molecule has 17 heavy (non-hydrogen) atoms. The summed E-state index contributed by atoms with van der Waals surface area (Å²) in [6.45, 7) is 4.51. The molecule has 0 N–H and O–H groups in total. The highest BCUT2D eigenvalue weighted by Crippen LogP contribution is 2.10. The minimum atomic E-state index is 0.720. The maximum Gasteiger partial charge on any atom is 0.0861 e. The molecule has 0 saturated heterocycles. The molecule has 0 aromatic carbocycles. The molecular weight excluding hydrogens is 344 g/mol. The minimum absolute atomic E-state index is 0.720. The first kappa shape index (κ1) is 17.2. The molecule has 1 nitrogen and oxygen atoms in total. The van der Waals surface area contributed by atoms with Crippen molar-refractivity contribution >= 4 is 31.9 Å². The Hall–Kier alpha value is 0.240. The summed E-state index contributed by atoms with van der Waals surface area (Å²) >= 11 is 6.90. The summed E-state index contributed by atoms with van der Waals surface area (Å²) in [5.41, 5.74) is 0. The first-order valence-electron chi connectivity index (χ1n) is 6.28. The van der Waals surface area contributed by atoms with Crippen molar-refractivity contribution in [3.05, 3.63) is 24.7 Å². The molecule has 0 aliphatic heterocycles. The van der Waals surface area contributed by atoms with Crippen LogP contribution in [0, 0.1) is 11.8 Å². The van der Waals surface area contributed by atoms with E-state index in [0.717, 1.165) is 35.3 Å². The predicted molar refractivity (Wildman–Crippen MR) is 83.7 cm³/mol. The fourth-order valence-electron chi connectivity index (χ4n) is 1.34. The Labute approximate surface area is 123 Å². The maximum atomic E-state index is 5.31. The van der Waals surface area contributed by atoms with E-state index in [1.54, 1.807) is 12.5 Å². The van der Waals surface area contributed by atoms with Crippen molar-refractivity contribution in [1.82, 2.24) is 0 Å². The molecule has 0 radical (unpaired) electrons. The fourth-order valence-corrected chi connectivity index (χ4v) is 2.90. The van der Waals surface area contributed by atoms with Crippen molar-refractivity contribution in [3.8, 4) is 0 Å². The second kappa shape index (κ2) is 12.7. The highest BCUT2D eigenvalue weighted by atomic mass is 79.9. The molecule has 100 valence electrons. The third-order valence-electron chi connectivity index (χ3n) is 2.63. The SMILES string of the molecule is CC(CC=COC=CCC(C)CCBr)CCBr. The molecule has 0 fully saturated rings. The Morgan fingerprint density at radius 3 is 1.65 bits per heavy atom. The summed E-state index contributed by atoms with van der Waals surface area (Å²) in [7, 11) is 0. The van der Waals surface area contributed by atoms with Gasteiger partial charge in [0.1, 0.15) is 0 Å². The lowest BCUT2D eigenvalue weighted by molar-refractivity contribution is 0.394. The van der Waals surface area contributed by atoms with E-state index in [0.29, 0.717) is 0 Å². The zero-order valence-corrected chi connectivity index (χ0v) is 14.0. The highest BCUT2D eigenvalue weighted by molar-refractivity contribution is 9.09. The van der Waals surface area contributed by atoms with Crippen LogP contribution in [0.25, 0.3) is 0 Å². The van der Waals surface area contributed by atoms with Gasteiger partial charge in [0.15, 0.2) is 0 Å². The van der Waals surface area contributed by atoms with Gasteiger partial charge in [-0.25, -0.2) is 0 Å². The molecule has 0 aliphatic carbocycles. The van der Waals surface area contributed by atoms with Gasteiger partial charge in [0.05, 0.1) is 12.5 Å². The Bertz CT molecular complexity index is 192. The van der Waals surface area contributed by atoms with Crippen LogP contribution < -0.4 is 0 Å². The molecule has 0 amide bonds. The zero-order valence-electron chi connectivity index (χ0n) is 10.9. The summed E-state index contributed by atoms with van der Waals surface area (Å²) in [6.07, 6.45) is 12.4. The molecule has 3 heteroatoms. The third-order valence-corrected chi connectivity index (χ3v) is 3.55. The van der Waals surface area contributed by atoms with E-state index in [4.69, 9.17) is 4.74 Å². The zero-order chi connectivity index (χ0) is 12.9. The van der Waals surface area contributed by atoms with Crippen LogP contribution in [0.2, 0.25) is 0 Å². The number of alkyl halides is 2. The van der Waals surface area contributed by atoms with Crippen LogP contribution in [0.3, 0.4) is 0 Å². The largest absolute Gasteiger partial charge is 0.473 e. The molecule has 2 atom stereocenters. The van der Waals surface area contributed by atoms with E-state index in [-0.39, 0.29) is 0 Å². The van der Waals surface area contributed by atoms with Gasteiger partial charge < -0.3 is 4.74 Å². The van der Waals surface area contributed by atoms with Gasteiger partial charge in [0.25, 0.3) is 0 Å². The van der Waals surface area contributed by atoms with Crippen molar-refractivity contribution in [2.75, 3.05) is 10.7 Å². The van der Waals surface area contributed by atoms with Crippen molar-refractivity contribution in [2.24, 2.45) is 11.8 Å². The normalized spacial score (nSPS) is 15.5. The van der Waals surface area contributed by atoms with E-state index in [1.165, 1.54) is 12.8 Å². The van der Waals surface area contributed by atoms with Gasteiger partial charge in [0, 0.05) is 10.7 Å². The standard InChI is InChI=1S/C14H24Br2O/c1-13(7-9-15)5-3-11-17-12-4-6-14(2)8-10-16/h3-4,11-14H,5-10H2,1-2H3. The van der Waals surface area contributed by atoms with Crippen LogP contribution in [0.15, 0.2) is 24.7 Å².